The molecule has 29 heavy (non-hydrogen) atoms. The number of methoxy groups -OCH3 is 1. The SMILES string of the molecule is COc1ccc(N(C)C(=O)CCc2ccc(S(=O)(=O)N3CCCCC3)cc2)cc1. The van der Waals surface area contributed by atoms with Crippen molar-refractivity contribution >= 4 is 21.6 Å². The Kier molecular flexibility index (Phi) is 6.92. The van der Waals surface area contributed by atoms with E-state index in [-0.39, 0.29) is 5.91 Å². The molecule has 0 spiro atoms. The molecule has 6 nitrogen and oxygen atoms in total. The van der Waals surface area contributed by atoms with E-state index in [9.17, 15) is 13.2 Å². The van der Waals surface area contributed by atoms with Crippen LogP contribution in [0.15, 0.2) is 53.4 Å². The lowest BCUT2D eigenvalue weighted by atomic mass is 10.1. The first kappa shape index (κ1) is 21.3. The molecule has 2 aromatic carbocycles. The Morgan fingerprint density at radius 2 is 1.62 bits per heavy atom. The van der Waals surface area contributed by atoms with E-state index in [1.54, 1.807) is 47.6 Å². The van der Waals surface area contributed by atoms with Crippen molar-refractivity contribution in [2.45, 2.75) is 37.0 Å². The van der Waals surface area contributed by atoms with E-state index in [0.717, 1.165) is 36.3 Å². The molecule has 0 bridgehead atoms. The first-order chi connectivity index (χ1) is 13.9. The van der Waals surface area contributed by atoms with Crippen LogP contribution in [0.3, 0.4) is 0 Å². The number of sulfonamides is 1. The van der Waals surface area contributed by atoms with Crippen LogP contribution in [0.4, 0.5) is 5.69 Å². The Balaban J connectivity index is 1.58. The van der Waals surface area contributed by atoms with Crippen molar-refractivity contribution in [2.75, 3.05) is 32.1 Å². The Morgan fingerprint density at radius 3 is 2.21 bits per heavy atom. The molecule has 1 aliphatic rings. The zero-order valence-corrected chi connectivity index (χ0v) is 17.8. The van der Waals surface area contributed by atoms with Crippen LogP contribution in [-0.4, -0.2) is 45.9 Å². The first-order valence-electron chi connectivity index (χ1n) is 9.91. The molecule has 0 aromatic heterocycles. The highest BCUT2D eigenvalue weighted by molar-refractivity contribution is 7.89. The van der Waals surface area contributed by atoms with Gasteiger partial charge in [0.25, 0.3) is 0 Å². The largest absolute Gasteiger partial charge is 0.497 e. The van der Waals surface area contributed by atoms with Gasteiger partial charge in [0.1, 0.15) is 5.75 Å². The highest BCUT2D eigenvalue weighted by atomic mass is 32.2. The van der Waals surface area contributed by atoms with Gasteiger partial charge < -0.3 is 9.64 Å². The lowest BCUT2D eigenvalue weighted by Crippen LogP contribution is -2.35. The van der Waals surface area contributed by atoms with Gasteiger partial charge in [-0.2, -0.15) is 4.31 Å². The van der Waals surface area contributed by atoms with E-state index in [0.29, 0.717) is 30.8 Å². The fraction of sp³-hybridized carbons (Fsp3) is 0.409. The van der Waals surface area contributed by atoms with Gasteiger partial charge in [0.15, 0.2) is 0 Å². The van der Waals surface area contributed by atoms with Gasteiger partial charge in [0, 0.05) is 32.2 Å². The summed E-state index contributed by atoms with van der Waals surface area (Å²) < 4.78 is 32.1. The summed E-state index contributed by atoms with van der Waals surface area (Å²) in [6, 6.07) is 14.2. The topological polar surface area (TPSA) is 66.9 Å². The summed E-state index contributed by atoms with van der Waals surface area (Å²) in [6.45, 7) is 1.19. The van der Waals surface area contributed by atoms with Crippen molar-refractivity contribution < 1.29 is 17.9 Å². The van der Waals surface area contributed by atoms with Crippen LogP contribution in [0.1, 0.15) is 31.2 Å². The van der Waals surface area contributed by atoms with Gasteiger partial charge >= 0.3 is 0 Å². The zero-order chi connectivity index (χ0) is 20.9. The van der Waals surface area contributed by atoms with Crippen molar-refractivity contribution in [3.05, 3.63) is 54.1 Å². The Bertz CT molecular complexity index is 918. The van der Waals surface area contributed by atoms with E-state index in [1.807, 2.05) is 24.3 Å². The van der Waals surface area contributed by atoms with E-state index in [1.165, 1.54) is 0 Å². The maximum absolute atomic E-state index is 12.7. The lowest BCUT2D eigenvalue weighted by Gasteiger charge is -2.25. The molecule has 0 unspecified atom stereocenters. The highest BCUT2D eigenvalue weighted by Gasteiger charge is 2.25. The smallest absolute Gasteiger partial charge is 0.243 e. The monoisotopic (exact) mass is 416 g/mol. The summed E-state index contributed by atoms with van der Waals surface area (Å²) in [4.78, 5) is 14.4. The van der Waals surface area contributed by atoms with Gasteiger partial charge in [-0.05, 0) is 61.2 Å². The summed E-state index contributed by atoms with van der Waals surface area (Å²) in [7, 11) is -0.0649. The summed E-state index contributed by atoms with van der Waals surface area (Å²) in [5.41, 5.74) is 1.75. The van der Waals surface area contributed by atoms with Crippen LogP contribution in [0.2, 0.25) is 0 Å². The molecular formula is C22H28N2O4S. The number of carbonyl (C=O) groups is 1. The zero-order valence-electron chi connectivity index (χ0n) is 17.0. The van der Waals surface area contributed by atoms with Gasteiger partial charge in [-0.25, -0.2) is 8.42 Å². The fourth-order valence-corrected chi connectivity index (χ4v) is 4.97. The third-order valence-electron chi connectivity index (χ3n) is 5.34. The van der Waals surface area contributed by atoms with Crippen molar-refractivity contribution in [2.24, 2.45) is 0 Å². The second-order valence-corrected chi connectivity index (χ2v) is 9.20. The van der Waals surface area contributed by atoms with Gasteiger partial charge in [0.05, 0.1) is 12.0 Å². The van der Waals surface area contributed by atoms with Crippen LogP contribution in [-0.2, 0) is 21.2 Å². The molecule has 0 radical (unpaired) electrons. The second-order valence-electron chi connectivity index (χ2n) is 7.26. The molecule has 0 saturated carbocycles. The number of amides is 1. The van der Waals surface area contributed by atoms with E-state index in [4.69, 9.17) is 4.74 Å². The Labute approximate surface area is 173 Å². The van der Waals surface area contributed by atoms with E-state index < -0.39 is 10.0 Å². The molecule has 1 fully saturated rings. The predicted octanol–water partition coefficient (Wildman–Crippen LogP) is 3.47. The number of piperidine rings is 1. The summed E-state index contributed by atoms with van der Waals surface area (Å²) in [5, 5.41) is 0. The molecule has 2 aromatic rings. The van der Waals surface area contributed by atoms with Crippen LogP contribution < -0.4 is 9.64 Å². The average Bonchev–Trinajstić information content (AvgIpc) is 2.78. The number of anilines is 1. The van der Waals surface area contributed by atoms with Crippen LogP contribution in [0.5, 0.6) is 5.75 Å². The minimum Gasteiger partial charge on any atom is -0.497 e. The van der Waals surface area contributed by atoms with Gasteiger partial charge in [0.2, 0.25) is 15.9 Å². The normalized spacial score (nSPS) is 15.1. The third kappa shape index (κ3) is 5.16. The van der Waals surface area contributed by atoms with Gasteiger partial charge in [-0.1, -0.05) is 18.6 Å². The van der Waals surface area contributed by atoms with Crippen molar-refractivity contribution in [3.8, 4) is 5.75 Å². The van der Waals surface area contributed by atoms with Gasteiger partial charge in [-0.15, -0.1) is 0 Å². The maximum Gasteiger partial charge on any atom is 0.243 e. The minimum atomic E-state index is -3.42. The molecule has 0 atom stereocenters. The molecular weight excluding hydrogens is 388 g/mol. The molecule has 7 heteroatoms. The van der Waals surface area contributed by atoms with E-state index >= 15 is 0 Å². The molecule has 156 valence electrons. The van der Waals surface area contributed by atoms with Crippen molar-refractivity contribution in [1.82, 2.24) is 4.31 Å². The quantitative estimate of drug-likeness (QED) is 0.693. The first-order valence-corrected chi connectivity index (χ1v) is 11.4. The number of nitrogens with zero attached hydrogens (tertiary/aromatic N) is 2. The van der Waals surface area contributed by atoms with Crippen LogP contribution in [0, 0.1) is 0 Å². The standard InChI is InChI=1S/C22H28N2O4S/c1-23(19-9-11-20(28-2)12-10-19)22(25)15-8-18-6-13-21(14-7-18)29(26,27)24-16-4-3-5-17-24/h6-7,9-14H,3-5,8,15-17H2,1-2H3. The summed E-state index contributed by atoms with van der Waals surface area (Å²) >= 11 is 0. The molecule has 3 rings (SSSR count). The number of carbonyl (C=O) groups excluding carboxylic acids is 1. The lowest BCUT2D eigenvalue weighted by molar-refractivity contribution is -0.118. The number of benzene rings is 2. The molecule has 0 N–H and O–H groups in total. The molecule has 1 aliphatic heterocycles. The fourth-order valence-electron chi connectivity index (χ4n) is 3.45. The highest BCUT2D eigenvalue weighted by Crippen LogP contribution is 2.22. The molecule has 1 heterocycles. The summed E-state index contributed by atoms with van der Waals surface area (Å²) in [6.07, 6.45) is 3.83. The minimum absolute atomic E-state index is 0.000168. The summed E-state index contributed by atoms with van der Waals surface area (Å²) in [5.74, 6) is 0.745. The maximum atomic E-state index is 12.7. The Hall–Kier alpha value is -2.38. The van der Waals surface area contributed by atoms with Crippen LogP contribution >= 0.6 is 0 Å². The van der Waals surface area contributed by atoms with Gasteiger partial charge in [-0.3, -0.25) is 4.79 Å². The third-order valence-corrected chi connectivity index (χ3v) is 7.25. The van der Waals surface area contributed by atoms with E-state index in [2.05, 4.69) is 0 Å². The van der Waals surface area contributed by atoms with Crippen molar-refractivity contribution in [3.63, 3.8) is 0 Å². The predicted molar refractivity (Wildman–Crippen MR) is 114 cm³/mol. The average molecular weight is 417 g/mol. The molecule has 1 amide bonds. The molecule has 1 saturated heterocycles. The second kappa shape index (κ2) is 9.41. The Morgan fingerprint density at radius 1 is 1.00 bits per heavy atom. The van der Waals surface area contributed by atoms with Crippen LogP contribution in [0.25, 0.3) is 0 Å². The number of aryl methyl sites for hydroxylation is 1. The number of hydrogen-bond donors (Lipinski definition) is 0. The van der Waals surface area contributed by atoms with Crippen molar-refractivity contribution in [1.29, 1.82) is 0 Å². The number of hydrogen-bond acceptors (Lipinski definition) is 4. The number of rotatable bonds is 7. The number of ether oxygens (including phenoxy) is 1. The molecule has 0 aliphatic carbocycles.